The monoisotopic (exact) mass is 295 g/mol. The van der Waals surface area contributed by atoms with Gasteiger partial charge in [-0.2, -0.15) is 0 Å². The van der Waals surface area contributed by atoms with E-state index in [0.29, 0.717) is 23.6 Å². The van der Waals surface area contributed by atoms with Crippen molar-refractivity contribution in [2.24, 2.45) is 0 Å². The quantitative estimate of drug-likeness (QED) is 0.799. The van der Waals surface area contributed by atoms with E-state index in [2.05, 4.69) is 0 Å². The van der Waals surface area contributed by atoms with Crippen LogP contribution >= 0.6 is 0 Å². The number of nitrogens with zero attached hydrogens (tertiary/aromatic N) is 1. The normalized spacial score (nSPS) is 10.6. The van der Waals surface area contributed by atoms with Crippen LogP contribution in [0.1, 0.15) is 37.0 Å². The maximum absolute atomic E-state index is 12.8. The van der Waals surface area contributed by atoms with Gasteiger partial charge in [0.25, 0.3) is 5.91 Å². The summed E-state index contributed by atoms with van der Waals surface area (Å²) in [5, 5.41) is 9.25. The van der Waals surface area contributed by atoms with Gasteiger partial charge in [0, 0.05) is 12.6 Å². The molecule has 0 saturated heterocycles. The lowest BCUT2D eigenvalue weighted by atomic mass is 10.1. The average molecular weight is 295 g/mol. The Labute approximate surface area is 126 Å². The summed E-state index contributed by atoms with van der Waals surface area (Å²) in [6.07, 6.45) is 1.68. The van der Waals surface area contributed by atoms with Crippen molar-refractivity contribution in [2.45, 2.75) is 32.7 Å². The van der Waals surface area contributed by atoms with Crippen LogP contribution in [0.5, 0.6) is 11.5 Å². The van der Waals surface area contributed by atoms with E-state index in [1.807, 2.05) is 13.8 Å². The van der Waals surface area contributed by atoms with Gasteiger partial charge < -0.3 is 19.5 Å². The molecule has 0 atom stereocenters. The van der Waals surface area contributed by atoms with E-state index in [1.54, 1.807) is 30.2 Å². The van der Waals surface area contributed by atoms with E-state index in [-0.39, 0.29) is 18.6 Å². The minimum absolute atomic E-state index is 0.0610. The summed E-state index contributed by atoms with van der Waals surface area (Å²) in [6, 6.07) is 5.24. The molecule has 0 saturated carbocycles. The number of aliphatic hydroxyl groups excluding tert-OH is 1. The molecule has 0 radical (unpaired) electrons. The molecule has 0 aliphatic rings. The maximum atomic E-state index is 12.8. The second-order valence-corrected chi connectivity index (χ2v) is 4.76. The molecular weight excluding hydrogens is 270 g/mol. The first-order valence-corrected chi connectivity index (χ1v) is 7.26. The van der Waals surface area contributed by atoms with Gasteiger partial charge in [-0.15, -0.1) is 0 Å². The van der Waals surface area contributed by atoms with Crippen molar-refractivity contribution in [3.63, 3.8) is 0 Å². The molecular formula is C16H25NO4. The van der Waals surface area contributed by atoms with Crippen molar-refractivity contribution in [2.75, 3.05) is 27.4 Å². The van der Waals surface area contributed by atoms with Crippen molar-refractivity contribution < 1.29 is 19.4 Å². The summed E-state index contributed by atoms with van der Waals surface area (Å²) >= 11 is 0. The van der Waals surface area contributed by atoms with Crippen molar-refractivity contribution in [3.05, 3.63) is 23.8 Å². The first-order chi connectivity index (χ1) is 10.1. The number of ether oxygens (including phenoxy) is 2. The molecule has 21 heavy (non-hydrogen) atoms. The number of hydrogen-bond donors (Lipinski definition) is 1. The SMILES string of the molecule is CCC(CC)N(CCO)C(=O)c1cc(OC)ccc1OC. The average Bonchev–Trinajstić information content (AvgIpc) is 2.53. The summed E-state index contributed by atoms with van der Waals surface area (Å²) in [5.41, 5.74) is 0.456. The van der Waals surface area contributed by atoms with Crippen LogP contribution in [0.4, 0.5) is 0 Å². The van der Waals surface area contributed by atoms with Gasteiger partial charge in [0.05, 0.1) is 26.4 Å². The van der Waals surface area contributed by atoms with Gasteiger partial charge in [-0.25, -0.2) is 0 Å². The highest BCUT2D eigenvalue weighted by atomic mass is 16.5. The first kappa shape index (κ1) is 17.3. The Kier molecular flexibility index (Phi) is 7.02. The predicted octanol–water partition coefficient (Wildman–Crippen LogP) is 2.33. The number of carbonyl (C=O) groups is 1. The maximum Gasteiger partial charge on any atom is 0.258 e. The fraction of sp³-hybridized carbons (Fsp3) is 0.562. The topological polar surface area (TPSA) is 59.0 Å². The van der Waals surface area contributed by atoms with Crippen LogP contribution < -0.4 is 9.47 Å². The number of amides is 1. The van der Waals surface area contributed by atoms with Crippen LogP contribution in [0.3, 0.4) is 0 Å². The lowest BCUT2D eigenvalue weighted by molar-refractivity contribution is 0.0618. The summed E-state index contributed by atoms with van der Waals surface area (Å²) in [5.74, 6) is 0.968. The molecule has 0 aliphatic carbocycles. The lowest BCUT2D eigenvalue weighted by Crippen LogP contribution is -2.41. The smallest absolute Gasteiger partial charge is 0.258 e. The van der Waals surface area contributed by atoms with E-state index in [1.165, 1.54) is 7.11 Å². The molecule has 5 heteroatoms. The van der Waals surface area contributed by atoms with Crippen LogP contribution in [0, 0.1) is 0 Å². The van der Waals surface area contributed by atoms with Crippen LogP contribution in [0.25, 0.3) is 0 Å². The highest BCUT2D eigenvalue weighted by molar-refractivity contribution is 5.97. The predicted molar refractivity (Wildman–Crippen MR) is 82.0 cm³/mol. The molecule has 1 aromatic carbocycles. The number of carbonyl (C=O) groups excluding carboxylic acids is 1. The molecule has 118 valence electrons. The second kappa shape index (κ2) is 8.52. The van der Waals surface area contributed by atoms with Crippen molar-refractivity contribution >= 4 is 5.91 Å². The zero-order chi connectivity index (χ0) is 15.8. The van der Waals surface area contributed by atoms with Gasteiger partial charge >= 0.3 is 0 Å². The molecule has 0 spiro atoms. The van der Waals surface area contributed by atoms with E-state index in [0.717, 1.165) is 12.8 Å². The summed E-state index contributed by atoms with van der Waals surface area (Å²) in [4.78, 5) is 14.5. The Morgan fingerprint density at radius 1 is 1.24 bits per heavy atom. The van der Waals surface area contributed by atoms with E-state index in [9.17, 15) is 9.90 Å². The Morgan fingerprint density at radius 2 is 1.90 bits per heavy atom. The molecule has 0 bridgehead atoms. The fourth-order valence-corrected chi connectivity index (χ4v) is 2.42. The standard InChI is InChI=1S/C16H25NO4/c1-5-12(6-2)17(9-10-18)16(19)14-11-13(20-3)7-8-15(14)21-4/h7-8,11-12,18H,5-6,9-10H2,1-4H3. The zero-order valence-electron chi connectivity index (χ0n) is 13.3. The number of methoxy groups -OCH3 is 2. The van der Waals surface area contributed by atoms with Crippen LogP contribution in [0.2, 0.25) is 0 Å². The third-order valence-corrected chi connectivity index (χ3v) is 3.62. The summed E-state index contributed by atoms with van der Waals surface area (Å²) in [6.45, 7) is 4.32. The number of hydrogen-bond acceptors (Lipinski definition) is 4. The first-order valence-electron chi connectivity index (χ1n) is 7.26. The number of rotatable bonds is 8. The van der Waals surface area contributed by atoms with Gasteiger partial charge in [0.2, 0.25) is 0 Å². The molecule has 1 aromatic rings. The van der Waals surface area contributed by atoms with Gasteiger partial charge in [-0.3, -0.25) is 4.79 Å². The molecule has 0 aliphatic heterocycles. The lowest BCUT2D eigenvalue weighted by Gasteiger charge is -2.30. The largest absolute Gasteiger partial charge is 0.497 e. The van der Waals surface area contributed by atoms with Gasteiger partial charge in [0.1, 0.15) is 11.5 Å². The zero-order valence-corrected chi connectivity index (χ0v) is 13.3. The minimum atomic E-state index is -0.145. The molecule has 1 rings (SSSR count). The van der Waals surface area contributed by atoms with Crippen molar-refractivity contribution in [3.8, 4) is 11.5 Å². The van der Waals surface area contributed by atoms with Crippen LogP contribution in [-0.4, -0.2) is 49.3 Å². The minimum Gasteiger partial charge on any atom is -0.497 e. The number of benzene rings is 1. The van der Waals surface area contributed by atoms with E-state index < -0.39 is 0 Å². The van der Waals surface area contributed by atoms with Crippen LogP contribution in [-0.2, 0) is 0 Å². The van der Waals surface area contributed by atoms with Gasteiger partial charge in [-0.05, 0) is 31.0 Å². The van der Waals surface area contributed by atoms with Gasteiger partial charge in [0.15, 0.2) is 0 Å². The van der Waals surface area contributed by atoms with E-state index >= 15 is 0 Å². The summed E-state index contributed by atoms with van der Waals surface area (Å²) in [7, 11) is 3.09. The summed E-state index contributed by atoms with van der Waals surface area (Å²) < 4.78 is 10.5. The molecule has 0 fully saturated rings. The second-order valence-electron chi connectivity index (χ2n) is 4.76. The highest BCUT2D eigenvalue weighted by Crippen LogP contribution is 2.26. The molecule has 1 N–H and O–H groups in total. The molecule has 0 unspecified atom stereocenters. The third kappa shape index (κ3) is 4.11. The number of aliphatic hydroxyl groups is 1. The van der Waals surface area contributed by atoms with Gasteiger partial charge in [-0.1, -0.05) is 13.8 Å². The Morgan fingerprint density at radius 3 is 2.38 bits per heavy atom. The Bertz CT molecular complexity index is 458. The molecule has 0 aromatic heterocycles. The van der Waals surface area contributed by atoms with E-state index in [4.69, 9.17) is 9.47 Å². The fourth-order valence-electron chi connectivity index (χ4n) is 2.42. The molecule has 0 heterocycles. The van der Waals surface area contributed by atoms with Crippen molar-refractivity contribution in [1.82, 2.24) is 4.90 Å². The molecule has 5 nitrogen and oxygen atoms in total. The molecule has 1 amide bonds. The van der Waals surface area contributed by atoms with Crippen molar-refractivity contribution in [1.29, 1.82) is 0 Å². The highest BCUT2D eigenvalue weighted by Gasteiger charge is 2.24. The Balaban J connectivity index is 3.18. The van der Waals surface area contributed by atoms with Crippen LogP contribution in [0.15, 0.2) is 18.2 Å². The Hall–Kier alpha value is -1.75. The third-order valence-electron chi connectivity index (χ3n) is 3.62.